The highest BCUT2D eigenvalue weighted by molar-refractivity contribution is 6.31. The van der Waals surface area contributed by atoms with Crippen molar-refractivity contribution in [2.45, 2.75) is 58.6 Å². The smallest absolute Gasteiger partial charge is 0.168 e. The Labute approximate surface area is 96.7 Å². The molecule has 0 rings (SSSR count). The summed E-state index contributed by atoms with van der Waals surface area (Å²) in [5, 5.41) is 0.309. The molecule has 0 radical (unpaired) electrons. The van der Waals surface area contributed by atoms with Gasteiger partial charge in [-0.15, -0.1) is 0 Å². The van der Waals surface area contributed by atoms with Crippen molar-refractivity contribution in [2.75, 3.05) is 6.61 Å². The first-order chi connectivity index (χ1) is 6.83. The van der Waals surface area contributed by atoms with Gasteiger partial charge in [-0.1, -0.05) is 27.7 Å². The molecule has 0 fully saturated rings. The van der Waals surface area contributed by atoms with Gasteiger partial charge in [0, 0.05) is 0 Å². The summed E-state index contributed by atoms with van der Waals surface area (Å²) in [4.78, 5) is 0. The van der Waals surface area contributed by atoms with Crippen molar-refractivity contribution < 1.29 is 9.16 Å². The van der Waals surface area contributed by atoms with E-state index in [1.807, 2.05) is 13.8 Å². The van der Waals surface area contributed by atoms with Gasteiger partial charge in [-0.25, -0.2) is 0 Å². The molecule has 3 heteroatoms. The maximum atomic E-state index is 5.98. The molecule has 2 nitrogen and oxygen atoms in total. The lowest BCUT2D eigenvalue weighted by Gasteiger charge is -2.27. The highest BCUT2D eigenvalue weighted by atomic mass is 28.2. The average molecular weight is 228 g/mol. The topological polar surface area (TPSA) is 18.5 Å². The molecule has 0 saturated carbocycles. The molecule has 0 aromatic carbocycles. The molecule has 88 valence electrons. The monoisotopic (exact) mass is 228 g/mol. The third kappa shape index (κ3) is 7.46. The average Bonchev–Trinajstić information content (AvgIpc) is 2.14. The maximum absolute atomic E-state index is 5.98. The van der Waals surface area contributed by atoms with Crippen molar-refractivity contribution in [3.63, 3.8) is 0 Å². The molecule has 0 amide bonds. The zero-order valence-corrected chi connectivity index (χ0v) is 12.4. The van der Waals surface area contributed by atoms with E-state index in [0.717, 1.165) is 6.42 Å². The van der Waals surface area contributed by atoms with E-state index in [2.05, 4.69) is 39.7 Å². The van der Waals surface area contributed by atoms with Crippen LogP contribution < -0.4 is 0 Å². The van der Waals surface area contributed by atoms with Crippen LogP contribution in [-0.4, -0.2) is 22.0 Å². The zero-order valence-electron chi connectivity index (χ0n) is 10.9. The fourth-order valence-corrected chi connectivity index (χ4v) is 1.85. The molecule has 0 aliphatic carbocycles. The van der Waals surface area contributed by atoms with Gasteiger partial charge in [0.25, 0.3) is 0 Å². The number of rotatable bonds is 4. The molecule has 0 aromatic rings. The molecule has 0 heterocycles. The molecule has 0 aliphatic heterocycles. The van der Waals surface area contributed by atoms with Gasteiger partial charge in [0.05, 0.1) is 6.61 Å². The van der Waals surface area contributed by atoms with Gasteiger partial charge in [-0.2, -0.15) is 0 Å². The van der Waals surface area contributed by atoms with E-state index < -0.39 is 9.76 Å². The maximum Gasteiger partial charge on any atom is 0.168 e. The second kappa shape index (κ2) is 6.19. The van der Waals surface area contributed by atoms with Crippen LogP contribution in [0.4, 0.5) is 0 Å². The third-order valence-corrected chi connectivity index (χ3v) is 3.68. The van der Waals surface area contributed by atoms with E-state index in [0.29, 0.717) is 11.6 Å². The van der Waals surface area contributed by atoms with Crippen molar-refractivity contribution in [3.05, 3.63) is 0 Å². The van der Waals surface area contributed by atoms with Gasteiger partial charge in [-0.3, -0.25) is 0 Å². The molecular formula is C12H24O2Si. The van der Waals surface area contributed by atoms with Gasteiger partial charge in [0.15, 0.2) is 9.76 Å². The summed E-state index contributed by atoms with van der Waals surface area (Å²) in [6, 6.07) is 0. The van der Waals surface area contributed by atoms with E-state index in [1.165, 1.54) is 0 Å². The lowest BCUT2D eigenvalue weighted by atomic mass is 10.1. The van der Waals surface area contributed by atoms with Gasteiger partial charge in [0.2, 0.25) is 0 Å². The molecule has 0 aliphatic rings. The molecule has 0 bridgehead atoms. The summed E-state index contributed by atoms with van der Waals surface area (Å²) in [6.07, 6.45) is 3.61. The number of ether oxygens (including phenoxy) is 1. The normalized spacial score (nSPS) is 15.9. The standard InChI is InChI=1S/C12H24O2Si/c1-7-12(6,9-10-13-8-2)14-15-11(3,4)5/h7-8,15H2,1-6H3. The Kier molecular flexibility index (Phi) is 6.00. The summed E-state index contributed by atoms with van der Waals surface area (Å²) in [5.41, 5.74) is -0.325. The Morgan fingerprint density at radius 2 is 1.73 bits per heavy atom. The molecule has 1 atom stereocenters. The number of hydrogen-bond donors (Lipinski definition) is 0. The summed E-state index contributed by atoms with van der Waals surface area (Å²) < 4.78 is 11.0. The summed E-state index contributed by atoms with van der Waals surface area (Å²) in [6.45, 7) is 13.3. The van der Waals surface area contributed by atoms with Crippen LogP contribution in [0.2, 0.25) is 5.04 Å². The van der Waals surface area contributed by atoms with E-state index in [1.54, 1.807) is 0 Å². The van der Waals surface area contributed by atoms with E-state index in [9.17, 15) is 0 Å². The fraction of sp³-hybridized carbons (Fsp3) is 0.833. The van der Waals surface area contributed by atoms with Crippen molar-refractivity contribution in [1.29, 1.82) is 0 Å². The quantitative estimate of drug-likeness (QED) is 0.543. The SMILES string of the molecule is CCOC#CC(C)(CC)O[SiH2]C(C)(C)C. The first-order valence-corrected chi connectivity index (χ1v) is 6.89. The Bertz CT molecular complexity index is 234. The molecule has 0 N–H and O–H groups in total. The van der Waals surface area contributed by atoms with Crippen LogP contribution in [0.25, 0.3) is 0 Å². The second-order valence-corrected chi connectivity index (χ2v) is 7.79. The largest absolute Gasteiger partial charge is 0.447 e. The van der Waals surface area contributed by atoms with E-state index in [-0.39, 0.29) is 5.60 Å². The van der Waals surface area contributed by atoms with Gasteiger partial charge in [0.1, 0.15) is 11.7 Å². The predicted molar refractivity (Wildman–Crippen MR) is 67.4 cm³/mol. The summed E-state index contributed by atoms with van der Waals surface area (Å²) in [7, 11) is -0.558. The van der Waals surface area contributed by atoms with Crippen LogP contribution in [0.15, 0.2) is 0 Å². The molecule has 1 unspecified atom stereocenters. The fourth-order valence-electron chi connectivity index (χ4n) is 0.819. The van der Waals surface area contributed by atoms with Crippen molar-refractivity contribution >= 4 is 9.76 Å². The Hall–Kier alpha value is -0.463. The van der Waals surface area contributed by atoms with Crippen LogP contribution in [-0.2, 0) is 9.16 Å². The molecule has 0 saturated heterocycles. The molecule has 0 aromatic heterocycles. The second-order valence-electron chi connectivity index (χ2n) is 5.09. The predicted octanol–water partition coefficient (Wildman–Crippen LogP) is 2.47. The lowest BCUT2D eigenvalue weighted by molar-refractivity contribution is 0.146. The Balaban J connectivity index is 4.27. The molecular weight excluding hydrogens is 204 g/mol. The van der Waals surface area contributed by atoms with Crippen molar-refractivity contribution in [3.8, 4) is 12.0 Å². The van der Waals surface area contributed by atoms with Gasteiger partial charge in [-0.05, 0) is 31.2 Å². The van der Waals surface area contributed by atoms with E-state index in [4.69, 9.17) is 9.16 Å². The lowest BCUT2D eigenvalue weighted by Crippen LogP contribution is -2.30. The zero-order chi connectivity index (χ0) is 11.9. The van der Waals surface area contributed by atoms with Crippen molar-refractivity contribution in [2.24, 2.45) is 0 Å². The van der Waals surface area contributed by atoms with Crippen molar-refractivity contribution in [1.82, 2.24) is 0 Å². The minimum Gasteiger partial charge on any atom is -0.447 e. The van der Waals surface area contributed by atoms with Crippen LogP contribution in [0.3, 0.4) is 0 Å². The van der Waals surface area contributed by atoms with E-state index >= 15 is 0 Å². The first kappa shape index (κ1) is 14.5. The minimum absolute atomic E-state index is 0.309. The third-order valence-electron chi connectivity index (χ3n) is 2.03. The minimum atomic E-state index is -0.558. The highest BCUT2D eigenvalue weighted by Gasteiger charge is 2.23. The number of hydrogen-bond acceptors (Lipinski definition) is 2. The Morgan fingerprint density at radius 1 is 1.13 bits per heavy atom. The molecule has 15 heavy (non-hydrogen) atoms. The van der Waals surface area contributed by atoms with Crippen LogP contribution in [0.1, 0.15) is 48.0 Å². The van der Waals surface area contributed by atoms with Crippen LogP contribution >= 0.6 is 0 Å². The van der Waals surface area contributed by atoms with Crippen LogP contribution in [0.5, 0.6) is 0 Å². The highest BCUT2D eigenvalue weighted by Crippen LogP contribution is 2.24. The van der Waals surface area contributed by atoms with Crippen LogP contribution in [0, 0.1) is 12.0 Å². The van der Waals surface area contributed by atoms with Gasteiger partial charge >= 0.3 is 0 Å². The first-order valence-electron chi connectivity index (χ1n) is 5.61. The Morgan fingerprint density at radius 3 is 2.13 bits per heavy atom. The summed E-state index contributed by atoms with van der Waals surface area (Å²) >= 11 is 0. The molecule has 0 spiro atoms. The van der Waals surface area contributed by atoms with Gasteiger partial charge < -0.3 is 9.16 Å². The summed E-state index contributed by atoms with van der Waals surface area (Å²) in [5.74, 6) is 3.06.